The Morgan fingerprint density at radius 3 is 2.45 bits per heavy atom. The van der Waals surface area contributed by atoms with Gasteiger partial charge in [0, 0.05) is 32.7 Å². The summed E-state index contributed by atoms with van der Waals surface area (Å²) in [7, 11) is -2.24. The maximum absolute atomic E-state index is 13.9. The quantitative estimate of drug-likeness (QED) is 0.652. The molecule has 3 aromatic rings. The zero-order valence-electron chi connectivity index (χ0n) is 15.8. The van der Waals surface area contributed by atoms with Crippen LogP contribution in [0, 0.1) is 5.82 Å². The molecule has 2 heterocycles. The monoisotopic (exact) mass is 420 g/mol. The molecule has 0 radical (unpaired) electrons. The lowest BCUT2D eigenvalue weighted by molar-refractivity contribution is 0.181. The van der Waals surface area contributed by atoms with E-state index in [0.717, 1.165) is 5.56 Å². The van der Waals surface area contributed by atoms with Gasteiger partial charge in [-0.05, 0) is 35.9 Å². The molecule has 1 fully saturated rings. The Morgan fingerprint density at radius 1 is 1.03 bits per heavy atom. The van der Waals surface area contributed by atoms with Crippen LogP contribution >= 0.6 is 0 Å². The lowest BCUT2D eigenvalue weighted by atomic mass is 10.2. The highest BCUT2D eigenvalue weighted by Gasteiger charge is 2.29. The average Bonchev–Trinajstić information content (AvgIpc) is 3.08. The number of benzene rings is 2. The standard InChI is InChI=1S/C19H21FN4O4S/c1-28-18-5-2-13(10-15(18)20)12-23-6-8-24(9-7-23)29(26,27)14-3-4-16-17(11-14)22-19(25)21-16/h2-5,10-11H,6-9,12H2,1H3,(H2,21,22,25). The Balaban J connectivity index is 1.44. The van der Waals surface area contributed by atoms with E-state index in [1.807, 2.05) is 0 Å². The predicted octanol–water partition coefficient (Wildman–Crippen LogP) is 1.51. The SMILES string of the molecule is COc1ccc(CN2CCN(S(=O)(=O)c3ccc4[nH]c(=O)[nH]c4c3)CC2)cc1F. The molecule has 2 N–H and O–H groups in total. The van der Waals surface area contributed by atoms with E-state index in [1.54, 1.807) is 18.2 Å². The summed E-state index contributed by atoms with van der Waals surface area (Å²) in [5, 5.41) is 0. The molecule has 10 heteroatoms. The van der Waals surface area contributed by atoms with Gasteiger partial charge in [-0.1, -0.05) is 6.07 Å². The van der Waals surface area contributed by atoms with Crippen molar-refractivity contribution in [3.63, 3.8) is 0 Å². The lowest BCUT2D eigenvalue weighted by Gasteiger charge is -2.34. The predicted molar refractivity (Wildman–Crippen MR) is 106 cm³/mol. The van der Waals surface area contributed by atoms with Crippen LogP contribution < -0.4 is 10.4 Å². The summed E-state index contributed by atoms with van der Waals surface area (Å²) in [6.07, 6.45) is 0. The van der Waals surface area contributed by atoms with E-state index in [2.05, 4.69) is 14.9 Å². The Morgan fingerprint density at radius 2 is 1.76 bits per heavy atom. The van der Waals surface area contributed by atoms with Crippen LogP contribution in [-0.4, -0.2) is 60.9 Å². The summed E-state index contributed by atoms with van der Waals surface area (Å²) in [4.78, 5) is 18.8. The highest BCUT2D eigenvalue weighted by Crippen LogP contribution is 2.22. The van der Waals surface area contributed by atoms with E-state index >= 15 is 0 Å². The number of halogens is 1. The van der Waals surface area contributed by atoms with Gasteiger partial charge in [0.25, 0.3) is 0 Å². The molecule has 0 bridgehead atoms. The summed E-state index contributed by atoms with van der Waals surface area (Å²) in [5.74, 6) is -0.213. The fourth-order valence-electron chi connectivity index (χ4n) is 3.52. The number of fused-ring (bicyclic) bond motifs is 1. The third kappa shape index (κ3) is 3.91. The van der Waals surface area contributed by atoms with E-state index in [4.69, 9.17) is 4.74 Å². The number of piperazine rings is 1. The first-order valence-corrected chi connectivity index (χ1v) is 10.6. The number of imidazole rings is 1. The number of methoxy groups -OCH3 is 1. The molecule has 0 spiro atoms. The number of sulfonamides is 1. The number of rotatable bonds is 5. The van der Waals surface area contributed by atoms with Crippen molar-refractivity contribution < 1.29 is 17.5 Å². The number of ether oxygens (including phenoxy) is 1. The number of nitrogens with zero attached hydrogens (tertiary/aromatic N) is 2. The van der Waals surface area contributed by atoms with Crippen molar-refractivity contribution in [2.45, 2.75) is 11.4 Å². The van der Waals surface area contributed by atoms with Crippen LogP contribution in [0.15, 0.2) is 46.1 Å². The molecule has 1 aromatic heterocycles. The fraction of sp³-hybridized carbons (Fsp3) is 0.316. The van der Waals surface area contributed by atoms with Gasteiger partial charge < -0.3 is 14.7 Å². The zero-order chi connectivity index (χ0) is 20.6. The first kappa shape index (κ1) is 19.6. The first-order valence-electron chi connectivity index (χ1n) is 9.14. The minimum absolute atomic E-state index is 0.144. The molecule has 0 amide bonds. The van der Waals surface area contributed by atoms with Crippen molar-refractivity contribution in [2.24, 2.45) is 0 Å². The van der Waals surface area contributed by atoms with Gasteiger partial charge in [0.15, 0.2) is 11.6 Å². The number of aromatic amines is 2. The summed E-state index contributed by atoms with van der Waals surface area (Å²) >= 11 is 0. The van der Waals surface area contributed by atoms with Crippen LogP contribution in [0.2, 0.25) is 0 Å². The molecule has 2 aromatic carbocycles. The smallest absolute Gasteiger partial charge is 0.323 e. The van der Waals surface area contributed by atoms with Crippen molar-refractivity contribution in [2.75, 3.05) is 33.3 Å². The van der Waals surface area contributed by atoms with Gasteiger partial charge in [-0.3, -0.25) is 4.90 Å². The third-order valence-corrected chi connectivity index (χ3v) is 6.97. The number of hydrogen-bond acceptors (Lipinski definition) is 5. The Labute approximate surface area is 167 Å². The fourth-order valence-corrected chi connectivity index (χ4v) is 4.96. The summed E-state index contributed by atoms with van der Waals surface area (Å²) in [6.45, 7) is 2.28. The molecular weight excluding hydrogens is 399 g/mol. The van der Waals surface area contributed by atoms with Crippen molar-refractivity contribution in [1.29, 1.82) is 0 Å². The molecule has 8 nitrogen and oxygen atoms in total. The molecule has 4 rings (SSSR count). The van der Waals surface area contributed by atoms with Gasteiger partial charge in [0.05, 0.1) is 23.0 Å². The van der Waals surface area contributed by atoms with E-state index < -0.39 is 15.8 Å². The molecule has 1 aliphatic heterocycles. The molecule has 1 aliphatic rings. The highest BCUT2D eigenvalue weighted by molar-refractivity contribution is 7.89. The number of aromatic nitrogens is 2. The normalized spacial score (nSPS) is 16.3. The first-order chi connectivity index (χ1) is 13.9. The Kier molecular flexibility index (Phi) is 5.15. The Bertz CT molecular complexity index is 1200. The minimum Gasteiger partial charge on any atom is -0.494 e. The largest absolute Gasteiger partial charge is 0.494 e. The second kappa shape index (κ2) is 7.62. The summed E-state index contributed by atoms with van der Waals surface area (Å²) in [6, 6.07) is 9.37. The van der Waals surface area contributed by atoms with Gasteiger partial charge in [-0.25, -0.2) is 17.6 Å². The van der Waals surface area contributed by atoms with E-state index in [-0.39, 0.29) is 16.3 Å². The second-order valence-corrected chi connectivity index (χ2v) is 8.87. The molecule has 29 heavy (non-hydrogen) atoms. The molecular formula is C19H21FN4O4S. The summed E-state index contributed by atoms with van der Waals surface area (Å²) < 4.78 is 46.1. The molecule has 0 saturated carbocycles. The zero-order valence-corrected chi connectivity index (χ0v) is 16.6. The van der Waals surface area contributed by atoms with Crippen LogP contribution in [-0.2, 0) is 16.6 Å². The number of nitrogens with one attached hydrogen (secondary N) is 2. The van der Waals surface area contributed by atoms with Gasteiger partial charge in [-0.2, -0.15) is 4.31 Å². The molecule has 0 unspecified atom stereocenters. The maximum atomic E-state index is 13.9. The van der Waals surface area contributed by atoms with E-state index in [0.29, 0.717) is 43.8 Å². The second-order valence-electron chi connectivity index (χ2n) is 6.94. The van der Waals surface area contributed by atoms with Crippen LogP contribution in [0.5, 0.6) is 5.75 Å². The average molecular weight is 420 g/mol. The summed E-state index contributed by atoms with van der Waals surface area (Å²) in [5.41, 5.74) is 1.45. The van der Waals surface area contributed by atoms with E-state index in [1.165, 1.54) is 29.6 Å². The van der Waals surface area contributed by atoms with Crippen molar-refractivity contribution in [1.82, 2.24) is 19.2 Å². The van der Waals surface area contributed by atoms with Gasteiger partial charge in [-0.15, -0.1) is 0 Å². The van der Waals surface area contributed by atoms with Crippen LogP contribution in [0.4, 0.5) is 4.39 Å². The van der Waals surface area contributed by atoms with Crippen molar-refractivity contribution in [3.05, 3.63) is 58.3 Å². The highest BCUT2D eigenvalue weighted by atomic mass is 32.2. The van der Waals surface area contributed by atoms with Crippen molar-refractivity contribution >= 4 is 21.1 Å². The van der Waals surface area contributed by atoms with Gasteiger partial charge in [0.1, 0.15) is 0 Å². The molecule has 1 saturated heterocycles. The third-order valence-electron chi connectivity index (χ3n) is 5.08. The van der Waals surface area contributed by atoms with Crippen LogP contribution in [0.1, 0.15) is 5.56 Å². The lowest BCUT2D eigenvalue weighted by Crippen LogP contribution is -2.48. The van der Waals surface area contributed by atoms with Gasteiger partial charge in [0.2, 0.25) is 10.0 Å². The number of hydrogen-bond donors (Lipinski definition) is 2. The minimum atomic E-state index is -3.66. The molecule has 154 valence electrons. The molecule has 0 atom stereocenters. The van der Waals surface area contributed by atoms with E-state index in [9.17, 15) is 17.6 Å². The maximum Gasteiger partial charge on any atom is 0.323 e. The van der Waals surface area contributed by atoms with Gasteiger partial charge >= 0.3 is 5.69 Å². The Hall–Kier alpha value is -2.69. The topological polar surface area (TPSA) is 98.5 Å². The van der Waals surface area contributed by atoms with Crippen LogP contribution in [0.25, 0.3) is 11.0 Å². The number of H-pyrrole nitrogens is 2. The van der Waals surface area contributed by atoms with Crippen molar-refractivity contribution in [3.8, 4) is 5.75 Å². The molecule has 0 aliphatic carbocycles. The van der Waals surface area contributed by atoms with Crippen LogP contribution in [0.3, 0.4) is 0 Å².